The molecule has 3 heterocycles. The van der Waals surface area contributed by atoms with Crippen molar-refractivity contribution in [2.24, 2.45) is 5.92 Å². The second kappa shape index (κ2) is 4.78. The number of fused-ring (bicyclic) bond motifs is 7. The van der Waals surface area contributed by atoms with Gasteiger partial charge in [-0.1, -0.05) is 12.8 Å². The minimum atomic E-state index is -0.899. The molecule has 5 atom stereocenters. The van der Waals surface area contributed by atoms with Gasteiger partial charge in [0.2, 0.25) is 0 Å². The van der Waals surface area contributed by atoms with Crippen LogP contribution in [-0.4, -0.2) is 41.4 Å². The van der Waals surface area contributed by atoms with Crippen LogP contribution in [0.4, 0.5) is 0 Å². The summed E-state index contributed by atoms with van der Waals surface area (Å²) in [7, 11) is 0. The van der Waals surface area contributed by atoms with Gasteiger partial charge in [0, 0.05) is 12.5 Å². The van der Waals surface area contributed by atoms with E-state index >= 15 is 0 Å². The lowest BCUT2D eigenvalue weighted by Gasteiger charge is -2.42. The number of aliphatic hydroxyl groups is 2. The van der Waals surface area contributed by atoms with Gasteiger partial charge in [0.25, 0.3) is 0 Å². The Bertz CT molecular complexity index is 207. The van der Waals surface area contributed by atoms with E-state index in [1.165, 1.54) is 0 Å². The lowest BCUT2D eigenvalue weighted by atomic mass is 9.85. The molecule has 0 spiro atoms. The van der Waals surface area contributed by atoms with Crippen LogP contribution in [0.25, 0.3) is 0 Å². The van der Waals surface area contributed by atoms with Gasteiger partial charge in [-0.25, -0.2) is 0 Å². The van der Waals surface area contributed by atoms with Crippen LogP contribution in [-0.2, 0) is 9.47 Å². The standard InChI is InChI=1S/C11H20O4/c1-7-8-5-3-2-4-6-14-11(15-7)10(13)9(8)12/h7-13H,2-6H2,1H3/t7?,8?,9-,10+,11+/m0/s1. The minimum absolute atomic E-state index is 0.0356. The normalized spacial score (nSPS) is 47.8. The maximum atomic E-state index is 9.95. The first-order valence-corrected chi connectivity index (χ1v) is 5.83. The maximum absolute atomic E-state index is 9.95. The van der Waals surface area contributed by atoms with Gasteiger partial charge in [-0.05, 0) is 19.8 Å². The van der Waals surface area contributed by atoms with Crippen LogP contribution in [0, 0.1) is 5.92 Å². The maximum Gasteiger partial charge on any atom is 0.186 e. The number of rotatable bonds is 0. The molecule has 0 aromatic carbocycles. The first-order valence-electron chi connectivity index (χ1n) is 5.83. The zero-order valence-corrected chi connectivity index (χ0v) is 9.13. The van der Waals surface area contributed by atoms with Gasteiger partial charge >= 0.3 is 0 Å². The number of ether oxygens (including phenoxy) is 2. The third kappa shape index (κ3) is 2.33. The van der Waals surface area contributed by atoms with Gasteiger partial charge < -0.3 is 19.7 Å². The molecule has 0 aromatic rings. The molecule has 3 fully saturated rings. The Morgan fingerprint density at radius 1 is 1.07 bits per heavy atom. The molecule has 2 bridgehead atoms. The lowest BCUT2D eigenvalue weighted by molar-refractivity contribution is -0.285. The molecule has 3 rings (SSSR count). The van der Waals surface area contributed by atoms with Crippen LogP contribution >= 0.6 is 0 Å². The quantitative estimate of drug-likeness (QED) is 0.624. The van der Waals surface area contributed by atoms with Crippen molar-refractivity contribution in [2.45, 2.75) is 57.2 Å². The molecular formula is C11H20O4. The predicted molar refractivity (Wildman–Crippen MR) is 54.3 cm³/mol. The fourth-order valence-electron chi connectivity index (χ4n) is 2.49. The highest BCUT2D eigenvalue weighted by Crippen LogP contribution is 2.31. The van der Waals surface area contributed by atoms with Crippen molar-refractivity contribution in [3.63, 3.8) is 0 Å². The van der Waals surface area contributed by atoms with Crippen LogP contribution in [0.15, 0.2) is 0 Å². The summed E-state index contributed by atoms with van der Waals surface area (Å²) in [4.78, 5) is 0. The molecule has 3 aliphatic heterocycles. The molecule has 0 radical (unpaired) electrons. The van der Waals surface area contributed by atoms with Crippen LogP contribution in [0.1, 0.15) is 32.6 Å². The van der Waals surface area contributed by atoms with Gasteiger partial charge in [0.15, 0.2) is 6.29 Å². The molecule has 0 aromatic heterocycles. The SMILES string of the molecule is CC1O[C@H]2OCCCCCC1[C@H](O)[C@H]2O. The lowest BCUT2D eigenvalue weighted by Crippen LogP contribution is -2.54. The van der Waals surface area contributed by atoms with Gasteiger partial charge in [-0.15, -0.1) is 0 Å². The minimum Gasteiger partial charge on any atom is -0.390 e. The Morgan fingerprint density at radius 3 is 2.67 bits per heavy atom. The van der Waals surface area contributed by atoms with Crippen LogP contribution in [0.5, 0.6) is 0 Å². The highest BCUT2D eigenvalue weighted by molar-refractivity contribution is 4.87. The van der Waals surface area contributed by atoms with Crippen LogP contribution < -0.4 is 0 Å². The second-order valence-electron chi connectivity index (χ2n) is 4.57. The van der Waals surface area contributed by atoms with E-state index in [1.807, 2.05) is 6.92 Å². The van der Waals surface area contributed by atoms with Crippen molar-refractivity contribution >= 4 is 0 Å². The van der Waals surface area contributed by atoms with Gasteiger partial charge in [-0.2, -0.15) is 0 Å². The molecule has 3 aliphatic rings. The third-order valence-corrected chi connectivity index (χ3v) is 3.48. The van der Waals surface area contributed by atoms with Gasteiger partial charge in [-0.3, -0.25) is 0 Å². The summed E-state index contributed by atoms with van der Waals surface area (Å²) in [6, 6.07) is 0. The van der Waals surface area contributed by atoms with E-state index in [4.69, 9.17) is 9.47 Å². The molecule has 2 unspecified atom stereocenters. The van der Waals surface area contributed by atoms with E-state index in [-0.39, 0.29) is 12.0 Å². The van der Waals surface area contributed by atoms with Crippen molar-refractivity contribution in [3.05, 3.63) is 0 Å². The van der Waals surface area contributed by atoms with Gasteiger partial charge in [0.1, 0.15) is 6.10 Å². The van der Waals surface area contributed by atoms with Crippen molar-refractivity contribution < 1.29 is 19.7 Å². The Kier molecular flexibility index (Phi) is 3.61. The van der Waals surface area contributed by atoms with E-state index in [0.717, 1.165) is 25.7 Å². The van der Waals surface area contributed by atoms with E-state index < -0.39 is 18.5 Å². The Morgan fingerprint density at radius 2 is 1.87 bits per heavy atom. The average Bonchev–Trinajstić information content (AvgIpc) is 2.23. The summed E-state index contributed by atoms with van der Waals surface area (Å²) < 4.78 is 11.0. The summed E-state index contributed by atoms with van der Waals surface area (Å²) in [6.07, 6.45) is 1.82. The topological polar surface area (TPSA) is 58.9 Å². The van der Waals surface area contributed by atoms with E-state index in [9.17, 15) is 10.2 Å². The smallest absolute Gasteiger partial charge is 0.186 e. The largest absolute Gasteiger partial charge is 0.390 e. The molecule has 2 N–H and O–H groups in total. The summed E-state index contributed by atoms with van der Waals surface area (Å²) in [5, 5.41) is 19.8. The first kappa shape index (κ1) is 11.3. The summed E-state index contributed by atoms with van der Waals surface area (Å²) in [5.41, 5.74) is 0. The van der Waals surface area contributed by atoms with Gasteiger partial charge in [0.05, 0.1) is 12.2 Å². The fourth-order valence-corrected chi connectivity index (χ4v) is 2.49. The third-order valence-electron chi connectivity index (χ3n) is 3.48. The molecule has 4 nitrogen and oxygen atoms in total. The Balaban J connectivity index is 2.10. The number of aliphatic hydroxyl groups excluding tert-OH is 2. The zero-order chi connectivity index (χ0) is 10.8. The number of hydrogen-bond acceptors (Lipinski definition) is 4. The molecule has 15 heavy (non-hydrogen) atoms. The Hall–Kier alpha value is -0.160. The molecule has 0 aliphatic carbocycles. The molecule has 4 heteroatoms. The first-order chi connectivity index (χ1) is 7.20. The molecule has 0 amide bonds. The molecule has 88 valence electrons. The second-order valence-corrected chi connectivity index (χ2v) is 4.57. The van der Waals surface area contributed by atoms with Crippen molar-refractivity contribution in [1.82, 2.24) is 0 Å². The van der Waals surface area contributed by atoms with Crippen LogP contribution in [0.3, 0.4) is 0 Å². The summed E-state index contributed by atoms with van der Waals surface area (Å²) in [5.74, 6) is 0.0398. The van der Waals surface area contributed by atoms with E-state index in [1.54, 1.807) is 0 Å². The monoisotopic (exact) mass is 216 g/mol. The zero-order valence-electron chi connectivity index (χ0n) is 9.13. The molecular weight excluding hydrogens is 196 g/mol. The summed E-state index contributed by atoms with van der Waals surface area (Å²) >= 11 is 0. The van der Waals surface area contributed by atoms with E-state index in [0.29, 0.717) is 6.61 Å². The Labute approximate surface area is 90.2 Å². The average molecular weight is 216 g/mol. The highest BCUT2D eigenvalue weighted by atomic mass is 16.7. The van der Waals surface area contributed by atoms with Crippen molar-refractivity contribution in [2.75, 3.05) is 6.61 Å². The number of hydrogen-bond donors (Lipinski definition) is 2. The fraction of sp³-hybridized carbons (Fsp3) is 1.00. The van der Waals surface area contributed by atoms with Crippen LogP contribution in [0.2, 0.25) is 0 Å². The molecule has 3 saturated heterocycles. The predicted octanol–water partition coefficient (Wildman–Crippen LogP) is 0.660. The molecule has 0 saturated carbocycles. The summed E-state index contributed by atoms with van der Waals surface area (Å²) in [6.45, 7) is 2.55. The highest BCUT2D eigenvalue weighted by Gasteiger charge is 2.42. The van der Waals surface area contributed by atoms with E-state index in [2.05, 4.69) is 0 Å². The van der Waals surface area contributed by atoms with Crippen molar-refractivity contribution in [1.29, 1.82) is 0 Å². The van der Waals surface area contributed by atoms with Crippen molar-refractivity contribution in [3.8, 4) is 0 Å².